The molecular formula is C15H30N4O. The Bertz CT molecular complexity index is 328. The van der Waals surface area contributed by atoms with Gasteiger partial charge in [0.15, 0.2) is 0 Å². The van der Waals surface area contributed by atoms with Gasteiger partial charge in [-0.25, -0.2) is 0 Å². The van der Waals surface area contributed by atoms with E-state index in [-0.39, 0.29) is 5.41 Å². The van der Waals surface area contributed by atoms with Gasteiger partial charge in [0.2, 0.25) is 5.91 Å². The van der Waals surface area contributed by atoms with Crippen LogP contribution in [0.15, 0.2) is 0 Å². The van der Waals surface area contributed by atoms with Crippen molar-refractivity contribution in [1.82, 2.24) is 14.7 Å². The van der Waals surface area contributed by atoms with Gasteiger partial charge in [-0.1, -0.05) is 13.8 Å². The maximum absolute atomic E-state index is 12.3. The van der Waals surface area contributed by atoms with Crippen LogP contribution in [0, 0.1) is 5.41 Å². The van der Waals surface area contributed by atoms with E-state index in [2.05, 4.69) is 23.6 Å². The molecule has 2 aliphatic rings. The smallest absolute Gasteiger partial charge is 0.223 e. The zero-order chi connectivity index (χ0) is 14.6. The van der Waals surface area contributed by atoms with Crippen molar-refractivity contribution >= 4 is 5.91 Å². The normalized spacial score (nSPS) is 29.1. The van der Waals surface area contributed by atoms with Gasteiger partial charge in [0, 0.05) is 52.2 Å². The number of rotatable bonds is 5. The number of likely N-dealkylation sites (tertiary alicyclic amines) is 1. The van der Waals surface area contributed by atoms with Crippen LogP contribution in [0.1, 0.15) is 26.7 Å². The molecule has 2 rings (SSSR count). The van der Waals surface area contributed by atoms with Crippen LogP contribution >= 0.6 is 0 Å². The Labute approximate surface area is 123 Å². The number of hydrogen-bond acceptors (Lipinski definition) is 4. The summed E-state index contributed by atoms with van der Waals surface area (Å²) in [5.74, 6) is 0.306. The highest BCUT2D eigenvalue weighted by atomic mass is 16.2. The van der Waals surface area contributed by atoms with Crippen molar-refractivity contribution in [1.29, 1.82) is 0 Å². The second-order valence-electron chi connectivity index (χ2n) is 6.61. The second kappa shape index (κ2) is 6.87. The first-order chi connectivity index (χ1) is 9.56. The molecule has 0 saturated carbocycles. The van der Waals surface area contributed by atoms with Crippen LogP contribution in [0.3, 0.4) is 0 Å². The minimum atomic E-state index is 0.141. The van der Waals surface area contributed by atoms with Crippen LogP contribution in [-0.2, 0) is 4.79 Å². The molecule has 0 spiro atoms. The van der Waals surface area contributed by atoms with E-state index in [0.29, 0.717) is 18.9 Å². The quantitative estimate of drug-likeness (QED) is 0.783. The molecule has 0 aromatic rings. The predicted molar refractivity (Wildman–Crippen MR) is 81.5 cm³/mol. The second-order valence-corrected chi connectivity index (χ2v) is 6.61. The van der Waals surface area contributed by atoms with Gasteiger partial charge in [-0.05, 0) is 24.9 Å². The zero-order valence-corrected chi connectivity index (χ0v) is 13.1. The molecule has 2 aliphatic heterocycles. The molecule has 1 amide bonds. The summed E-state index contributed by atoms with van der Waals surface area (Å²) in [5, 5.41) is 0. The highest BCUT2D eigenvalue weighted by Gasteiger charge is 2.34. The third-order valence-corrected chi connectivity index (χ3v) is 4.96. The van der Waals surface area contributed by atoms with Crippen molar-refractivity contribution in [3.63, 3.8) is 0 Å². The topological polar surface area (TPSA) is 52.8 Å². The summed E-state index contributed by atoms with van der Waals surface area (Å²) in [6, 6.07) is 0. The third-order valence-electron chi connectivity index (χ3n) is 4.96. The Morgan fingerprint density at radius 3 is 2.35 bits per heavy atom. The summed E-state index contributed by atoms with van der Waals surface area (Å²) in [6.45, 7) is 13.3. The fourth-order valence-corrected chi connectivity index (χ4v) is 3.14. The lowest BCUT2D eigenvalue weighted by atomic mass is 9.90. The van der Waals surface area contributed by atoms with Crippen LogP contribution in [0.4, 0.5) is 0 Å². The SMILES string of the molecule is CCN1CCN(CCC(=O)N2CCC(C)(CN)C2)CC1. The molecular weight excluding hydrogens is 252 g/mol. The van der Waals surface area contributed by atoms with E-state index in [0.717, 1.165) is 58.8 Å². The molecule has 0 aromatic carbocycles. The summed E-state index contributed by atoms with van der Waals surface area (Å²) in [6.07, 6.45) is 1.71. The maximum atomic E-state index is 12.3. The Hall–Kier alpha value is -0.650. The summed E-state index contributed by atoms with van der Waals surface area (Å²) >= 11 is 0. The van der Waals surface area contributed by atoms with Crippen LogP contribution < -0.4 is 5.73 Å². The molecule has 2 saturated heterocycles. The standard InChI is InChI=1S/C15H30N4O/c1-3-17-8-10-18(11-9-17)6-4-14(20)19-7-5-15(2,12-16)13-19/h3-13,16H2,1-2H3. The first-order valence-corrected chi connectivity index (χ1v) is 7.99. The van der Waals surface area contributed by atoms with Crippen molar-refractivity contribution in [2.45, 2.75) is 26.7 Å². The highest BCUT2D eigenvalue weighted by molar-refractivity contribution is 5.76. The van der Waals surface area contributed by atoms with Crippen molar-refractivity contribution in [3.8, 4) is 0 Å². The molecule has 5 nitrogen and oxygen atoms in total. The lowest BCUT2D eigenvalue weighted by molar-refractivity contribution is -0.130. The lowest BCUT2D eigenvalue weighted by Gasteiger charge is -2.34. The lowest BCUT2D eigenvalue weighted by Crippen LogP contribution is -2.47. The number of carbonyl (C=O) groups excluding carboxylic acids is 1. The van der Waals surface area contributed by atoms with E-state index >= 15 is 0 Å². The average molecular weight is 282 g/mol. The Morgan fingerprint density at radius 2 is 1.80 bits per heavy atom. The molecule has 0 aliphatic carbocycles. The molecule has 1 unspecified atom stereocenters. The van der Waals surface area contributed by atoms with E-state index in [1.807, 2.05) is 4.90 Å². The van der Waals surface area contributed by atoms with E-state index in [9.17, 15) is 4.79 Å². The Morgan fingerprint density at radius 1 is 1.15 bits per heavy atom. The van der Waals surface area contributed by atoms with Crippen molar-refractivity contribution in [3.05, 3.63) is 0 Å². The summed E-state index contributed by atoms with van der Waals surface area (Å²) in [5.41, 5.74) is 5.94. The molecule has 0 bridgehead atoms. The molecule has 1 atom stereocenters. The number of hydrogen-bond donors (Lipinski definition) is 1. The molecule has 2 fully saturated rings. The van der Waals surface area contributed by atoms with Crippen molar-refractivity contribution in [2.75, 3.05) is 58.9 Å². The fraction of sp³-hybridized carbons (Fsp3) is 0.933. The van der Waals surface area contributed by atoms with Gasteiger partial charge >= 0.3 is 0 Å². The number of piperazine rings is 1. The zero-order valence-electron chi connectivity index (χ0n) is 13.1. The number of carbonyl (C=O) groups is 1. The minimum Gasteiger partial charge on any atom is -0.342 e. The van der Waals surface area contributed by atoms with Gasteiger partial charge in [0.1, 0.15) is 0 Å². The average Bonchev–Trinajstić information content (AvgIpc) is 2.89. The molecule has 0 radical (unpaired) electrons. The van der Waals surface area contributed by atoms with Crippen molar-refractivity contribution < 1.29 is 4.79 Å². The first-order valence-electron chi connectivity index (χ1n) is 7.99. The largest absolute Gasteiger partial charge is 0.342 e. The van der Waals surface area contributed by atoms with Crippen LogP contribution in [0.5, 0.6) is 0 Å². The summed E-state index contributed by atoms with van der Waals surface area (Å²) in [4.78, 5) is 19.2. The molecule has 2 N–H and O–H groups in total. The molecule has 0 aromatic heterocycles. The number of nitrogens with zero attached hydrogens (tertiary/aromatic N) is 3. The van der Waals surface area contributed by atoms with Gasteiger partial charge < -0.3 is 20.4 Å². The maximum Gasteiger partial charge on any atom is 0.223 e. The van der Waals surface area contributed by atoms with Crippen molar-refractivity contribution in [2.24, 2.45) is 11.1 Å². The van der Waals surface area contributed by atoms with E-state index in [1.165, 1.54) is 0 Å². The molecule has 5 heteroatoms. The van der Waals surface area contributed by atoms with Gasteiger partial charge in [-0.3, -0.25) is 4.79 Å². The molecule has 116 valence electrons. The number of amides is 1. The van der Waals surface area contributed by atoms with E-state index in [1.54, 1.807) is 0 Å². The number of likely N-dealkylation sites (N-methyl/N-ethyl adjacent to an activating group) is 1. The fourth-order valence-electron chi connectivity index (χ4n) is 3.14. The van der Waals surface area contributed by atoms with Crippen LogP contribution in [0.25, 0.3) is 0 Å². The Kier molecular flexibility index (Phi) is 5.41. The third kappa shape index (κ3) is 3.93. The summed E-state index contributed by atoms with van der Waals surface area (Å²) < 4.78 is 0. The number of nitrogens with two attached hydrogens (primary N) is 1. The van der Waals surface area contributed by atoms with Gasteiger partial charge in [0.25, 0.3) is 0 Å². The van der Waals surface area contributed by atoms with Gasteiger partial charge in [0.05, 0.1) is 0 Å². The molecule has 20 heavy (non-hydrogen) atoms. The highest BCUT2D eigenvalue weighted by Crippen LogP contribution is 2.28. The van der Waals surface area contributed by atoms with E-state index in [4.69, 9.17) is 5.73 Å². The van der Waals surface area contributed by atoms with Gasteiger partial charge in [-0.15, -0.1) is 0 Å². The Balaban J connectivity index is 1.68. The summed E-state index contributed by atoms with van der Waals surface area (Å²) in [7, 11) is 0. The molecule has 2 heterocycles. The monoisotopic (exact) mass is 282 g/mol. The van der Waals surface area contributed by atoms with Gasteiger partial charge in [-0.2, -0.15) is 0 Å². The predicted octanol–water partition coefficient (Wildman–Crippen LogP) is 0.211. The van der Waals surface area contributed by atoms with E-state index < -0.39 is 0 Å². The minimum absolute atomic E-state index is 0.141. The van der Waals surface area contributed by atoms with Crippen LogP contribution in [-0.4, -0.2) is 79.5 Å². The van der Waals surface area contributed by atoms with Crippen LogP contribution in [0.2, 0.25) is 0 Å². The first kappa shape index (κ1) is 15.7.